The molecule has 1 aliphatic rings. The van der Waals surface area contributed by atoms with E-state index < -0.39 is 0 Å². The second-order valence-electron chi connectivity index (χ2n) is 4.61. The van der Waals surface area contributed by atoms with Crippen LogP contribution in [0.4, 0.5) is 0 Å². The van der Waals surface area contributed by atoms with Gasteiger partial charge in [-0.15, -0.1) is 11.8 Å². The van der Waals surface area contributed by atoms with Gasteiger partial charge in [0.05, 0.1) is 0 Å². The van der Waals surface area contributed by atoms with E-state index in [1.54, 1.807) is 0 Å². The molecule has 0 spiro atoms. The zero-order valence-corrected chi connectivity index (χ0v) is 11.1. The molecule has 2 rings (SSSR count). The van der Waals surface area contributed by atoms with Crippen molar-refractivity contribution in [1.29, 1.82) is 0 Å². The average Bonchev–Trinajstić information content (AvgIpc) is 2.66. The second-order valence-corrected chi connectivity index (χ2v) is 5.70. The van der Waals surface area contributed by atoms with Gasteiger partial charge < -0.3 is 5.73 Å². The lowest BCUT2D eigenvalue weighted by Crippen LogP contribution is -2.25. The highest BCUT2D eigenvalue weighted by Crippen LogP contribution is 2.24. The fraction of sp³-hybridized carbons (Fsp3) is 0.467. The number of allylic oxidation sites excluding steroid dienone is 1. The Balaban J connectivity index is 1.84. The minimum atomic E-state index is 0.235. The van der Waals surface area contributed by atoms with Crippen LogP contribution < -0.4 is 5.73 Å². The van der Waals surface area contributed by atoms with Crippen molar-refractivity contribution in [2.24, 2.45) is 5.73 Å². The van der Waals surface area contributed by atoms with Crippen LogP contribution in [0.15, 0.2) is 46.9 Å². The molecule has 1 aromatic carbocycles. The number of nitrogens with two attached hydrogens (primary N) is 1. The van der Waals surface area contributed by atoms with E-state index in [1.807, 2.05) is 11.8 Å². The van der Waals surface area contributed by atoms with Gasteiger partial charge in [-0.05, 0) is 37.8 Å². The maximum absolute atomic E-state index is 6.28. The van der Waals surface area contributed by atoms with E-state index in [9.17, 15) is 0 Å². The Labute approximate surface area is 108 Å². The number of hydrogen-bond donors (Lipinski definition) is 1. The van der Waals surface area contributed by atoms with E-state index >= 15 is 0 Å². The van der Waals surface area contributed by atoms with Crippen LogP contribution in [0.3, 0.4) is 0 Å². The predicted octanol–water partition coefficient (Wildman–Crippen LogP) is 4.00. The molecule has 1 unspecified atom stereocenters. The smallest absolute Gasteiger partial charge is 0.0349 e. The Morgan fingerprint density at radius 3 is 2.76 bits per heavy atom. The zero-order chi connectivity index (χ0) is 11.9. The van der Waals surface area contributed by atoms with Crippen LogP contribution in [0.2, 0.25) is 0 Å². The van der Waals surface area contributed by atoms with Gasteiger partial charge in [0, 0.05) is 16.7 Å². The van der Waals surface area contributed by atoms with Crippen LogP contribution in [0.5, 0.6) is 0 Å². The van der Waals surface area contributed by atoms with Crippen molar-refractivity contribution in [2.75, 3.05) is 5.75 Å². The van der Waals surface area contributed by atoms with E-state index in [2.05, 4.69) is 36.4 Å². The topological polar surface area (TPSA) is 26.0 Å². The highest BCUT2D eigenvalue weighted by Gasteiger charge is 2.11. The molecule has 1 aromatic rings. The second kappa shape index (κ2) is 6.87. The van der Waals surface area contributed by atoms with Crippen molar-refractivity contribution >= 4 is 11.8 Å². The molecule has 1 aliphatic carbocycles. The Hall–Kier alpha value is -0.730. The molecule has 2 N–H and O–H groups in total. The van der Waals surface area contributed by atoms with Gasteiger partial charge in [0.15, 0.2) is 0 Å². The molecule has 0 fully saturated rings. The van der Waals surface area contributed by atoms with E-state index in [4.69, 9.17) is 5.73 Å². The van der Waals surface area contributed by atoms with E-state index in [0.717, 1.165) is 5.75 Å². The van der Waals surface area contributed by atoms with Crippen molar-refractivity contribution in [3.8, 4) is 0 Å². The van der Waals surface area contributed by atoms with Gasteiger partial charge in [0.2, 0.25) is 0 Å². The number of benzene rings is 1. The lowest BCUT2D eigenvalue weighted by Gasteiger charge is -2.14. The van der Waals surface area contributed by atoms with Crippen LogP contribution in [-0.4, -0.2) is 11.8 Å². The number of thioether (sulfide) groups is 1. The van der Waals surface area contributed by atoms with Crippen LogP contribution in [0, 0.1) is 0 Å². The first kappa shape index (κ1) is 12.7. The molecule has 0 aromatic heterocycles. The third-order valence-electron chi connectivity index (χ3n) is 3.23. The molecule has 0 bridgehead atoms. The molecule has 0 saturated carbocycles. The largest absolute Gasteiger partial charge is 0.324 e. The van der Waals surface area contributed by atoms with Gasteiger partial charge in [-0.1, -0.05) is 36.3 Å². The molecular weight excluding hydrogens is 226 g/mol. The number of hydrogen-bond acceptors (Lipinski definition) is 2. The third-order valence-corrected chi connectivity index (χ3v) is 4.36. The standard InChI is InChI=1S/C15H21NS/c16-15(13-8-4-1-2-5-9-13)12-17-14-10-6-3-7-11-14/h3,6-8,10-11,15H,1-2,4-5,9,12,16H2. The summed E-state index contributed by atoms with van der Waals surface area (Å²) in [6, 6.07) is 10.8. The van der Waals surface area contributed by atoms with Crippen molar-refractivity contribution in [2.45, 2.75) is 43.0 Å². The minimum absolute atomic E-state index is 0.235. The maximum atomic E-state index is 6.28. The fourth-order valence-electron chi connectivity index (χ4n) is 2.19. The average molecular weight is 247 g/mol. The van der Waals surface area contributed by atoms with Gasteiger partial charge >= 0.3 is 0 Å². The molecule has 0 saturated heterocycles. The molecular formula is C15H21NS. The zero-order valence-electron chi connectivity index (χ0n) is 10.3. The third kappa shape index (κ3) is 4.21. The van der Waals surface area contributed by atoms with Gasteiger partial charge in [-0.2, -0.15) is 0 Å². The van der Waals surface area contributed by atoms with Crippen LogP contribution in [-0.2, 0) is 0 Å². The molecule has 0 amide bonds. The van der Waals surface area contributed by atoms with Crippen molar-refractivity contribution < 1.29 is 0 Å². The Morgan fingerprint density at radius 2 is 1.94 bits per heavy atom. The summed E-state index contributed by atoms with van der Waals surface area (Å²) in [7, 11) is 0. The fourth-order valence-corrected chi connectivity index (χ4v) is 3.12. The van der Waals surface area contributed by atoms with E-state index in [-0.39, 0.29) is 6.04 Å². The first-order valence-corrected chi connectivity index (χ1v) is 7.47. The summed E-state index contributed by atoms with van der Waals surface area (Å²) in [6.45, 7) is 0. The monoisotopic (exact) mass is 247 g/mol. The molecule has 1 nitrogen and oxygen atoms in total. The van der Waals surface area contributed by atoms with Crippen molar-refractivity contribution in [3.63, 3.8) is 0 Å². The Bertz CT molecular complexity index is 358. The molecule has 2 heteroatoms. The Kier molecular flexibility index (Phi) is 5.14. The van der Waals surface area contributed by atoms with E-state index in [1.165, 1.54) is 42.6 Å². The van der Waals surface area contributed by atoms with Crippen LogP contribution in [0.25, 0.3) is 0 Å². The SMILES string of the molecule is NC(CSc1ccccc1)C1=CCCCCC1. The molecule has 0 radical (unpaired) electrons. The summed E-state index contributed by atoms with van der Waals surface area (Å²) in [5.41, 5.74) is 7.75. The molecule has 92 valence electrons. The van der Waals surface area contributed by atoms with Crippen molar-refractivity contribution in [1.82, 2.24) is 0 Å². The molecule has 0 aliphatic heterocycles. The van der Waals surface area contributed by atoms with E-state index in [0.29, 0.717) is 0 Å². The summed E-state index contributed by atoms with van der Waals surface area (Å²) < 4.78 is 0. The summed E-state index contributed by atoms with van der Waals surface area (Å²) in [6.07, 6.45) is 8.81. The van der Waals surface area contributed by atoms with Crippen LogP contribution >= 0.6 is 11.8 Å². The Morgan fingerprint density at radius 1 is 1.12 bits per heavy atom. The predicted molar refractivity (Wildman–Crippen MR) is 76.3 cm³/mol. The van der Waals surface area contributed by atoms with Gasteiger partial charge in [0.1, 0.15) is 0 Å². The minimum Gasteiger partial charge on any atom is -0.324 e. The van der Waals surface area contributed by atoms with Crippen LogP contribution in [0.1, 0.15) is 32.1 Å². The first-order chi connectivity index (χ1) is 8.36. The molecule has 17 heavy (non-hydrogen) atoms. The van der Waals surface area contributed by atoms with Gasteiger partial charge in [0.25, 0.3) is 0 Å². The van der Waals surface area contributed by atoms with Gasteiger partial charge in [-0.3, -0.25) is 0 Å². The van der Waals surface area contributed by atoms with Crippen molar-refractivity contribution in [3.05, 3.63) is 42.0 Å². The summed E-state index contributed by atoms with van der Waals surface area (Å²) in [5.74, 6) is 0.996. The summed E-state index contributed by atoms with van der Waals surface area (Å²) >= 11 is 1.86. The maximum Gasteiger partial charge on any atom is 0.0349 e. The molecule has 1 atom stereocenters. The lowest BCUT2D eigenvalue weighted by atomic mass is 10.0. The highest BCUT2D eigenvalue weighted by molar-refractivity contribution is 7.99. The number of rotatable bonds is 4. The normalized spacial score (nSPS) is 18.3. The summed E-state index contributed by atoms with van der Waals surface area (Å²) in [5, 5.41) is 0. The molecule has 0 heterocycles. The highest BCUT2D eigenvalue weighted by atomic mass is 32.2. The van der Waals surface area contributed by atoms with Gasteiger partial charge in [-0.25, -0.2) is 0 Å². The first-order valence-electron chi connectivity index (χ1n) is 6.48. The quantitative estimate of drug-likeness (QED) is 0.643. The lowest BCUT2D eigenvalue weighted by molar-refractivity contribution is 0.693. The summed E-state index contributed by atoms with van der Waals surface area (Å²) in [4.78, 5) is 1.32.